The van der Waals surface area contributed by atoms with E-state index in [1.54, 1.807) is 0 Å². The summed E-state index contributed by atoms with van der Waals surface area (Å²) in [5.74, 6) is 0.884. The van der Waals surface area contributed by atoms with Gasteiger partial charge in [-0.25, -0.2) is 0 Å². The zero-order valence-electron chi connectivity index (χ0n) is 10.2. The van der Waals surface area contributed by atoms with Gasteiger partial charge in [0.15, 0.2) is 0 Å². The van der Waals surface area contributed by atoms with Crippen LogP contribution in [-0.4, -0.2) is 0 Å². The Morgan fingerprint density at radius 1 is 0.769 bits per heavy atom. The topological polar surface area (TPSA) is 0 Å². The van der Waals surface area contributed by atoms with Crippen LogP contribution in [0, 0.1) is 13.3 Å². The first-order chi connectivity index (χ1) is 3.27. The third-order valence-corrected chi connectivity index (χ3v) is 0.816. The molecule has 69 valence electrons. The Labute approximate surface area is 212 Å². The molecule has 0 aliphatic carbocycles. The van der Waals surface area contributed by atoms with Gasteiger partial charge < -0.3 is 7.43 Å². The second-order valence-corrected chi connectivity index (χ2v) is 1.80. The molecule has 0 aromatic carbocycles. The Bertz CT molecular complexity index is 26.5. The molecule has 0 bridgehead atoms. The molecule has 5 radical (unpaired) electrons. The van der Waals surface area contributed by atoms with Crippen molar-refractivity contribution in [3.63, 3.8) is 0 Å². The minimum absolute atomic E-state index is 0. The molecule has 0 rings (SSSR count). The van der Waals surface area contributed by atoms with Crippen LogP contribution in [0.15, 0.2) is 0 Å². The maximum Gasteiger partial charge on any atom is 0 e. The second-order valence-electron chi connectivity index (χ2n) is 1.80. The fraction of sp³-hybridized carbons (Fsp3) is 0.875. The summed E-state index contributed by atoms with van der Waals surface area (Å²) in [6, 6.07) is 0. The van der Waals surface area contributed by atoms with E-state index in [2.05, 4.69) is 20.8 Å². The van der Waals surface area contributed by atoms with Gasteiger partial charge >= 0.3 is 0 Å². The van der Waals surface area contributed by atoms with Crippen molar-refractivity contribution in [2.45, 2.75) is 41.0 Å². The van der Waals surface area contributed by atoms with E-state index in [0.717, 1.165) is 5.92 Å². The Kier molecular flexibility index (Phi) is 208. The van der Waals surface area contributed by atoms with E-state index in [4.69, 9.17) is 0 Å². The molecule has 0 amide bonds. The summed E-state index contributed by atoms with van der Waals surface area (Å²) in [5, 5.41) is 0. The molecule has 0 fully saturated rings. The SMILES string of the molecule is CC.CCC(C)C.[CH3-].[Y].[Y].[Y].[Y].[Y]. The van der Waals surface area contributed by atoms with Gasteiger partial charge in [-0.1, -0.05) is 41.0 Å². The summed E-state index contributed by atoms with van der Waals surface area (Å²) in [5.41, 5.74) is 0. The van der Waals surface area contributed by atoms with Gasteiger partial charge in [0, 0.05) is 164 Å². The van der Waals surface area contributed by atoms with Crippen LogP contribution in [-0.2, 0) is 164 Å². The quantitative estimate of drug-likeness (QED) is 0.430. The molecule has 0 aliphatic rings. The number of rotatable bonds is 1. The molecule has 13 heavy (non-hydrogen) atoms. The van der Waals surface area contributed by atoms with Gasteiger partial charge in [0.2, 0.25) is 0 Å². The van der Waals surface area contributed by atoms with E-state index < -0.39 is 0 Å². The van der Waals surface area contributed by atoms with Crippen molar-refractivity contribution in [2.75, 3.05) is 0 Å². The number of hydrogen-bond acceptors (Lipinski definition) is 0. The van der Waals surface area contributed by atoms with Gasteiger partial charge in [0.25, 0.3) is 0 Å². The van der Waals surface area contributed by atoms with Crippen molar-refractivity contribution in [1.29, 1.82) is 0 Å². The van der Waals surface area contributed by atoms with Crippen molar-refractivity contribution < 1.29 is 164 Å². The van der Waals surface area contributed by atoms with Gasteiger partial charge in [0.05, 0.1) is 0 Å². The van der Waals surface area contributed by atoms with Crippen molar-refractivity contribution >= 4 is 0 Å². The molecular weight excluding hydrogens is 541 g/mol. The van der Waals surface area contributed by atoms with Gasteiger partial charge in [-0.05, 0) is 5.92 Å². The van der Waals surface area contributed by atoms with E-state index in [-0.39, 0.29) is 171 Å². The summed E-state index contributed by atoms with van der Waals surface area (Å²) in [6.45, 7) is 10.6. The smallest absolute Gasteiger partial charge is 0 e. The molecule has 0 N–H and O–H groups in total. The average molecular weight is 562 g/mol. The first-order valence-electron chi connectivity index (χ1n) is 3.27. The molecule has 0 spiro atoms. The van der Waals surface area contributed by atoms with Crippen molar-refractivity contribution in [3.8, 4) is 0 Å². The molecule has 0 aromatic heterocycles. The van der Waals surface area contributed by atoms with Gasteiger partial charge in [0.1, 0.15) is 0 Å². The van der Waals surface area contributed by atoms with Crippen molar-refractivity contribution in [3.05, 3.63) is 7.43 Å². The summed E-state index contributed by atoms with van der Waals surface area (Å²) >= 11 is 0. The van der Waals surface area contributed by atoms with E-state index in [0.29, 0.717) is 0 Å². The van der Waals surface area contributed by atoms with Crippen LogP contribution in [0.5, 0.6) is 0 Å². The third kappa shape index (κ3) is 74.6. The Morgan fingerprint density at radius 2 is 0.846 bits per heavy atom. The molecule has 0 aromatic rings. The largest absolute Gasteiger partial charge is 0.358 e. The molecular formula is C8H21Y5-. The van der Waals surface area contributed by atoms with Crippen LogP contribution in [0.1, 0.15) is 41.0 Å². The average Bonchev–Trinajstić information content (AvgIpc) is 1.73. The first kappa shape index (κ1) is 51.4. The first-order valence-corrected chi connectivity index (χ1v) is 3.27. The Morgan fingerprint density at radius 3 is 0.846 bits per heavy atom. The predicted octanol–water partition coefficient (Wildman–Crippen LogP) is 3.52. The van der Waals surface area contributed by atoms with E-state index in [1.807, 2.05) is 13.8 Å². The van der Waals surface area contributed by atoms with Crippen LogP contribution in [0.25, 0.3) is 0 Å². The summed E-state index contributed by atoms with van der Waals surface area (Å²) in [4.78, 5) is 0. The summed E-state index contributed by atoms with van der Waals surface area (Å²) in [7, 11) is 0. The van der Waals surface area contributed by atoms with Gasteiger partial charge in [-0.3, -0.25) is 0 Å². The number of hydrogen-bond donors (Lipinski definition) is 0. The van der Waals surface area contributed by atoms with E-state index >= 15 is 0 Å². The fourth-order valence-corrected chi connectivity index (χ4v) is 0. The minimum atomic E-state index is 0. The van der Waals surface area contributed by atoms with E-state index in [1.165, 1.54) is 6.42 Å². The minimum Gasteiger partial charge on any atom is -0.358 e. The van der Waals surface area contributed by atoms with Crippen molar-refractivity contribution in [1.82, 2.24) is 0 Å². The predicted molar refractivity (Wildman–Crippen MR) is 42.9 cm³/mol. The normalized spacial score (nSPS) is 4.15. The Balaban J connectivity index is -0.00000000492. The maximum atomic E-state index is 2.22. The van der Waals surface area contributed by atoms with Crippen LogP contribution in [0.3, 0.4) is 0 Å². The second kappa shape index (κ2) is 52.8. The molecule has 0 saturated carbocycles. The summed E-state index contributed by atoms with van der Waals surface area (Å²) in [6.07, 6.45) is 1.31. The molecule has 0 aliphatic heterocycles. The van der Waals surface area contributed by atoms with Gasteiger partial charge in [-0.15, -0.1) is 0 Å². The zero-order chi connectivity index (χ0) is 6.28. The van der Waals surface area contributed by atoms with Crippen LogP contribution >= 0.6 is 0 Å². The Hall–Kier alpha value is 5.52. The molecule has 0 unspecified atom stereocenters. The molecule has 0 saturated heterocycles. The zero-order valence-corrected chi connectivity index (χ0v) is 24.4. The van der Waals surface area contributed by atoms with Crippen LogP contribution < -0.4 is 0 Å². The van der Waals surface area contributed by atoms with E-state index in [9.17, 15) is 0 Å². The van der Waals surface area contributed by atoms with Crippen molar-refractivity contribution in [2.24, 2.45) is 5.92 Å². The molecule has 0 heterocycles. The summed E-state index contributed by atoms with van der Waals surface area (Å²) < 4.78 is 0. The molecule has 0 nitrogen and oxygen atoms in total. The van der Waals surface area contributed by atoms with Gasteiger partial charge in [-0.2, -0.15) is 0 Å². The third-order valence-electron chi connectivity index (χ3n) is 0.816. The fourth-order valence-electron chi connectivity index (χ4n) is 0. The van der Waals surface area contributed by atoms with Crippen LogP contribution in [0.4, 0.5) is 0 Å². The molecule has 0 atom stereocenters. The van der Waals surface area contributed by atoms with Crippen LogP contribution in [0.2, 0.25) is 0 Å². The monoisotopic (exact) mass is 562 g/mol. The molecule has 5 heteroatoms. The standard InChI is InChI=1S/C5H12.C2H6.CH3.5Y/c1-4-5(2)3;1-2;;;;;;/h5H,4H2,1-3H3;1-2H3;1H3;;;;;/q;;-1;;;;;. The maximum absolute atomic E-state index is 2.22.